The molecule has 1 aromatic rings. The molecule has 1 aliphatic rings. The Balaban J connectivity index is 2.04. The van der Waals surface area contributed by atoms with E-state index >= 15 is 0 Å². The highest BCUT2D eigenvalue weighted by molar-refractivity contribution is 5.38. The average molecular weight is 246 g/mol. The van der Waals surface area contributed by atoms with Gasteiger partial charge in [-0.15, -0.1) is 0 Å². The third-order valence-electron chi connectivity index (χ3n) is 3.80. The molecule has 0 aromatic carbocycles. The smallest absolute Gasteiger partial charge is 0.347 e. The van der Waals surface area contributed by atoms with Gasteiger partial charge in [-0.1, -0.05) is 20.3 Å². The minimum absolute atomic E-state index is 0.190. The zero-order valence-corrected chi connectivity index (χ0v) is 10.8. The molecule has 1 saturated carbocycles. The molecule has 1 aliphatic carbocycles. The maximum absolute atomic E-state index is 11.2. The molecule has 18 heavy (non-hydrogen) atoms. The molecular weight excluding hydrogens is 228 g/mol. The number of nitriles is 1. The van der Waals surface area contributed by atoms with Crippen LogP contribution in [0.1, 0.15) is 38.8 Å². The van der Waals surface area contributed by atoms with Crippen LogP contribution in [0.4, 0.5) is 5.82 Å². The number of nitrogens with zero attached hydrogens (tertiary/aromatic N) is 2. The van der Waals surface area contributed by atoms with E-state index in [4.69, 9.17) is 5.26 Å². The summed E-state index contributed by atoms with van der Waals surface area (Å²) in [5.74, 6) is 1.21. The van der Waals surface area contributed by atoms with Crippen molar-refractivity contribution < 1.29 is 0 Å². The lowest BCUT2D eigenvalue weighted by molar-refractivity contribution is 0.134. The molecule has 5 nitrogen and oxygen atoms in total. The standard InChI is InChI=1S/C13H18N4O/c1-13(2,9-4-3-5-9)8-15-11-6-10(7-14)16-12(18)17-11/h6,9H,3-5,8H2,1-2H3,(H2,15,16,17,18). The second-order valence-electron chi connectivity index (χ2n) is 5.57. The van der Waals surface area contributed by atoms with Crippen molar-refractivity contribution >= 4 is 5.82 Å². The Hall–Kier alpha value is -1.83. The first-order valence-electron chi connectivity index (χ1n) is 6.26. The Labute approximate surface area is 106 Å². The van der Waals surface area contributed by atoms with Crippen LogP contribution < -0.4 is 11.0 Å². The van der Waals surface area contributed by atoms with Crippen LogP contribution in [0.15, 0.2) is 10.9 Å². The monoisotopic (exact) mass is 246 g/mol. The summed E-state index contributed by atoms with van der Waals surface area (Å²) >= 11 is 0. The quantitative estimate of drug-likeness (QED) is 0.849. The number of aromatic amines is 1. The van der Waals surface area contributed by atoms with Gasteiger partial charge in [-0.05, 0) is 24.2 Å². The number of aromatic nitrogens is 2. The molecule has 0 spiro atoms. The molecule has 0 atom stereocenters. The third-order valence-corrected chi connectivity index (χ3v) is 3.80. The van der Waals surface area contributed by atoms with E-state index in [0.717, 1.165) is 12.5 Å². The largest absolute Gasteiger partial charge is 0.369 e. The maximum atomic E-state index is 11.2. The highest BCUT2D eigenvalue weighted by atomic mass is 16.1. The first-order valence-corrected chi connectivity index (χ1v) is 6.26. The van der Waals surface area contributed by atoms with Crippen molar-refractivity contribution in [3.63, 3.8) is 0 Å². The highest BCUT2D eigenvalue weighted by Crippen LogP contribution is 2.41. The molecule has 1 aromatic heterocycles. The highest BCUT2D eigenvalue weighted by Gasteiger charge is 2.33. The van der Waals surface area contributed by atoms with E-state index in [0.29, 0.717) is 5.82 Å². The van der Waals surface area contributed by atoms with Gasteiger partial charge in [-0.2, -0.15) is 10.2 Å². The summed E-state index contributed by atoms with van der Waals surface area (Å²) in [6.45, 7) is 5.21. The Morgan fingerprint density at radius 2 is 2.33 bits per heavy atom. The van der Waals surface area contributed by atoms with E-state index in [1.807, 2.05) is 6.07 Å². The molecule has 2 rings (SSSR count). The van der Waals surface area contributed by atoms with Gasteiger partial charge < -0.3 is 5.32 Å². The van der Waals surface area contributed by atoms with E-state index in [1.54, 1.807) is 6.07 Å². The van der Waals surface area contributed by atoms with Crippen molar-refractivity contribution in [3.05, 3.63) is 22.2 Å². The fraction of sp³-hybridized carbons (Fsp3) is 0.615. The predicted molar refractivity (Wildman–Crippen MR) is 69.2 cm³/mol. The van der Waals surface area contributed by atoms with Crippen LogP contribution in [0.5, 0.6) is 0 Å². The van der Waals surface area contributed by atoms with Crippen molar-refractivity contribution in [2.75, 3.05) is 11.9 Å². The van der Waals surface area contributed by atoms with Crippen molar-refractivity contribution in [2.45, 2.75) is 33.1 Å². The Morgan fingerprint density at radius 1 is 1.61 bits per heavy atom. The maximum Gasteiger partial charge on any atom is 0.347 e. The molecule has 1 heterocycles. The lowest BCUT2D eigenvalue weighted by atomic mass is 9.67. The van der Waals surface area contributed by atoms with Crippen molar-refractivity contribution in [1.29, 1.82) is 5.26 Å². The molecular formula is C13H18N4O. The molecule has 1 fully saturated rings. The Kier molecular flexibility index (Phi) is 3.37. The van der Waals surface area contributed by atoms with Gasteiger partial charge in [0.25, 0.3) is 0 Å². The van der Waals surface area contributed by atoms with E-state index in [1.165, 1.54) is 19.3 Å². The van der Waals surface area contributed by atoms with Gasteiger partial charge in [-0.25, -0.2) is 4.79 Å². The first kappa shape index (κ1) is 12.6. The fourth-order valence-electron chi connectivity index (χ4n) is 2.26. The second-order valence-corrected chi connectivity index (χ2v) is 5.57. The first-order chi connectivity index (χ1) is 8.51. The Morgan fingerprint density at radius 3 is 2.89 bits per heavy atom. The van der Waals surface area contributed by atoms with Crippen LogP contribution in [0, 0.1) is 22.7 Å². The summed E-state index contributed by atoms with van der Waals surface area (Å²) in [6.07, 6.45) is 3.87. The third kappa shape index (κ3) is 2.70. The van der Waals surface area contributed by atoms with E-state index in [-0.39, 0.29) is 11.1 Å². The van der Waals surface area contributed by atoms with Gasteiger partial charge in [0.1, 0.15) is 17.6 Å². The number of rotatable bonds is 4. The van der Waals surface area contributed by atoms with E-state index in [9.17, 15) is 4.79 Å². The summed E-state index contributed by atoms with van der Waals surface area (Å²) in [6, 6.07) is 3.48. The van der Waals surface area contributed by atoms with Crippen LogP contribution in [-0.2, 0) is 0 Å². The van der Waals surface area contributed by atoms with Crippen LogP contribution in [0.2, 0.25) is 0 Å². The SMILES string of the molecule is CC(C)(CNc1cc(C#N)[nH]c(=O)n1)C1CCC1. The zero-order valence-electron chi connectivity index (χ0n) is 10.8. The van der Waals surface area contributed by atoms with Gasteiger partial charge >= 0.3 is 5.69 Å². The second kappa shape index (κ2) is 4.81. The molecule has 0 radical (unpaired) electrons. The number of hydrogen-bond donors (Lipinski definition) is 2. The van der Waals surface area contributed by atoms with Crippen LogP contribution >= 0.6 is 0 Å². The minimum atomic E-state index is -0.488. The van der Waals surface area contributed by atoms with Crippen LogP contribution in [-0.4, -0.2) is 16.5 Å². The van der Waals surface area contributed by atoms with Crippen LogP contribution in [0.25, 0.3) is 0 Å². The number of hydrogen-bond acceptors (Lipinski definition) is 4. The Bertz CT molecular complexity index is 523. The van der Waals surface area contributed by atoms with Crippen LogP contribution in [0.3, 0.4) is 0 Å². The number of H-pyrrole nitrogens is 1. The number of anilines is 1. The summed E-state index contributed by atoms with van der Waals surface area (Å²) < 4.78 is 0. The normalized spacial score (nSPS) is 15.8. The minimum Gasteiger partial charge on any atom is -0.369 e. The lowest BCUT2D eigenvalue weighted by Gasteiger charge is -2.40. The lowest BCUT2D eigenvalue weighted by Crippen LogP contribution is -2.36. The van der Waals surface area contributed by atoms with Gasteiger partial charge in [-0.3, -0.25) is 4.98 Å². The van der Waals surface area contributed by atoms with Gasteiger partial charge in [0.2, 0.25) is 0 Å². The van der Waals surface area contributed by atoms with Crippen molar-refractivity contribution in [2.24, 2.45) is 11.3 Å². The summed E-state index contributed by atoms with van der Waals surface area (Å²) in [5, 5.41) is 11.9. The van der Waals surface area contributed by atoms with Gasteiger partial charge in [0.15, 0.2) is 0 Å². The molecule has 0 amide bonds. The van der Waals surface area contributed by atoms with E-state index < -0.39 is 5.69 Å². The topological polar surface area (TPSA) is 81.6 Å². The molecule has 2 N–H and O–H groups in total. The summed E-state index contributed by atoms with van der Waals surface area (Å²) in [7, 11) is 0. The predicted octanol–water partition coefficient (Wildman–Crippen LogP) is 1.88. The van der Waals surface area contributed by atoms with E-state index in [2.05, 4.69) is 29.1 Å². The molecule has 5 heteroatoms. The van der Waals surface area contributed by atoms with Gasteiger partial charge in [0, 0.05) is 12.6 Å². The van der Waals surface area contributed by atoms with Gasteiger partial charge in [0.05, 0.1) is 0 Å². The zero-order chi connectivity index (χ0) is 13.2. The average Bonchev–Trinajstić information content (AvgIpc) is 2.22. The fourth-order valence-corrected chi connectivity index (χ4v) is 2.26. The molecule has 96 valence electrons. The van der Waals surface area contributed by atoms with Crippen molar-refractivity contribution in [1.82, 2.24) is 9.97 Å². The molecule has 0 saturated heterocycles. The van der Waals surface area contributed by atoms with Crippen molar-refractivity contribution in [3.8, 4) is 6.07 Å². The molecule has 0 bridgehead atoms. The summed E-state index contributed by atoms with van der Waals surface area (Å²) in [4.78, 5) is 17.4. The molecule has 0 unspecified atom stereocenters. The summed E-state index contributed by atoms with van der Waals surface area (Å²) in [5.41, 5.74) is -0.0630. The molecule has 0 aliphatic heterocycles. The number of nitrogens with one attached hydrogen (secondary N) is 2.